The van der Waals surface area contributed by atoms with Crippen LogP contribution in [0.15, 0.2) is 60.7 Å². The smallest absolute Gasteiger partial charge is 0.276 e. The molecule has 1 aliphatic heterocycles. The second-order valence-corrected chi connectivity index (χ2v) is 17.0. The quantitative estimate of drug-likeness (QED) is 0.0333. The maximum absolute atomic E-state index is 13.9. The minimum absolute atomic E-state index is 0.0162. The molecule has 0 spiro atoms. The summed E-state index contributed by atoms with van der Waals surface area (Å²) < 4.78 is 24.8. The van der Waals surface area contributed by atoms with E-state index in [1.165, 1.54) is 31.4 Å². The lowest BCUT2D eigenvalue weighted by Crippen LogP contribution is -2.44. The van der Waals surface area contributed by atoms with E-state index in [4.69, 9.17) is 46.8 Å². The number of amides is 4. The molecule has 23 heteroatoms. The third-order valence-corrected chi connectivity index (χ3v) is 11.7. The number of aromatic nitrogens is 8. The van der Waals surface area contributed by atoms with Gasteiger partial charge in [-0.25, -0.2) is 9.97 Å². The monoisotopic (exact) mass is 991 g/mol. The van der Waals surface area contributed by atoms with E-state index in [0.717, 1.165) is 13.0 Å². The van der Waals surface area contributed by atoms with Crippen LogP contribution >= 0.6 is 0 Å². The number of nitrogens with one attached hydrogen (secondary N) is 3. The molecular weight excluding hydrogens is 925 g/mol. The zero-order chi connectivity index (χ0) is 52.4. The summed E-state index contributed by atoms with van der Waals surface area (Å²) in [7, 11) is 5.41. The number of ether oxygens (including phenoxy) is 3. The van der Waals surface area contributed by atoms with Gasteiger partial charge >= 0.3 is 0 Å². The largest absolute Gasteiger partial charge is 0.494 e. The summed E-state index contributed by atoms with van der Waals surface area (Å²) in [5.74, 6) is -1.39. The fraction of sp³-hybridized carbons (Fsp3) is 0.408. The summed E-state index contributed by atoms with van der Waals surface area (Å²) in [6.45, 7) is 14.1. The lowest BCUT2D eigenvalue weighted by molar-refractivity contribution is 0.0837. The van der Waals surface area contributed by atoms with Gasteiger partial charge in [0.15, 0.2) is 5.96 Å². The van der Waals surface area contributed by atoms with Crippen LogP contribution in [0.5, 0.6) is 11.5 Å². The van der Waals surface area contributed by atoms with Crippen LogP contribution in [0.4, 0.5) is 11.9 Å². The second kappa shape index (κ2) is 23.7. The number of allylic oxidation sites excluding steroid dienone is 2. The Morgan fingerprint density at radius 2 is 1.24 bits per heavy atom. The predicted octanol–water partition coefficient (Wildman–Crippen LogP) is 4.28. The van der Waals surface area contributed by atoms with Gasteiger partial charge < -0.3 is 50.3 Å². The Balaban J connectivity index is 0.00000418. The first-order valence-electron chi connectivity index (χ1n) is 23.7. The number of benzene rings is 2. The number of carbonyl (C=O) groups is 4. The number of nitrogens with zero attached hydrogens (tertiary/aromatic N) is 10. The summed E-state index contributed by atoms with van der Waals surface area (Å²) in [4.78, 5) is 66.0. The zero-order valence-electron chi connectivity index (χ0n) is 42.4. The van der Waals surface area contributed by atoms with E-state index in [2.05, 4.69) is 25.7 Å². The van der Waals surface area contributed by atoms with E-state index < -0.39 is 23.6 Å². The van der Waals surface area contributed by atoms with Crippen molar-refractivity contribution in [3.05, 3.63) is 94.6 Å². The average Bonchev–Trinajstić information content (AvgIpc) is 4.18. The van der Waals surface area contributed by atoms with Gasteiger partial charge in [0, 0.05) is 56.4 Å². The molecular formula is C49H66N16O7. The van der Waals surface area contributed by atoms with E-state index in [1.54, 1.807) is 50.6 Å². The highest BCUT2D eigenvalue weighted by molar-refractivity contribution is 6.05. The fourth-order valence-electron chi connectivity index (χ4n) is 8.54. The number of nitrogens with two attached hydrogens (primary N) is 3. The molecule has 6 aromatic rings. The Kier molecular flexibility index (Phi) is 17.6. The maximum Gasteiger partial charge on any atom is 0.276 e. The van der Waals surface area contributed by atoms with Crippen LogP contribution in [0.1, 0.15) is 87.2 Å². The summed E-state index contributed by atoms with van der Waals surface area (Å²) in [5, 5.41) is 22.7. The van der Waals surface area contributed by atoms with Gasteiger partial charge in [-0.1, -0.05) is 32.1 Å². The standard InChI is InChI=1S/C47H60N16O7.C2H6/c1-8-62-35(18-27(3)56-62)43(66)54-46-52-33-20-29(41(48)64)22-37(68-7)39(33)59(46)14-10-11-15-60-40-34(53-47(60)55-44(67)36-19-28(4)57-63(36)9-2)21-30(42(49)65)23-38(40)70-17-13-12-16-69-32-24-31(25-58(5)6)61(26-32)45(50)51;1-2/h10-13,18-23,31-32H,8-9,14-17,24-26H2,1-7H3,(H2,48,64)(H2,49,65)(H3,50,51)(H,52,54,66)(H,53,55,67);1-2H3/b11-10+,13-12+;. The number of likely N-dealkylation sites (tertiary alicyclic amines) is 1. The minimum atomic E-state index is -0.704. The predicted molar refractivity (Wildman–Crippen MR) is 275 cm³/mol. The third-order valence-electron chi connectivity index (χ3n) is 11.7. The van der Waals surface area contributed by atoms with Crippen LogP contribution in [0.3, 0.4) is 0 Å². The third kappa shape index (κ3) is 12.1. The van der Waals surface area contributed by atoms with Crippen molar-refractivity contribution < 1.29 is 33.4 Å². The molecule has 2 unspecified atom stereocenters. The van der Waals surface area contributed by atoms with Crippen molar-refractivity contribution in [1.82, 2.24) is 48.5 Å². The molecule has 5 heterocycles. The molecule has 4 aromatic heterocycles. The number of guanidine groups is 1. The van der Waals surface area contributed by atoms with Crippen molar-refractivity contribution in [3.63, 3.8) is 0 Å². The topological polar surface area (TPSA) is 300 Å². The Morgan fingerprint density at radius 3 is 1.69 bits per heavy atom. The highest BCUT2D eigenvalue weighted by Crippen LogP contribution is 2.33. The van der Waals surface area contributed by atoms with Gasteiger partial charge in [0.05, 0.1) is 42.2 Å². The molecule has 9 N–H and O–H groups in total. The molecule has 1 fully saturated rings. The Bertz CT molecular complexity index is 3010. The Labute approximate surface area is 417 Å². The summed E-state index contributed by atoms with van der Waals surface area (Å²) in [5.41, 5.74) is 21.2. The number of imidazole rings is 2. The van der Waals surface area contributed by atoms with Gasteiger partial charge in [-0.2, -0.15) is 10.2 Å². The number of anilines is 2. The molecule has 4 amide bonds. The zero-order valence-corrected chi connectivity index (χ0v) is 42.4. The van der Waals surface area contributed by atoms with E-state index >= 15 is 0 Å². The lowest BCUT2D eigenvalue weighted by Gasteiger charge is -2.26. The first-order valence-corrected chi connectivity index (χ1v) is 23.7. The first-order chi connectivity index (χ1) is 34.5. The normalized spacial score (nSPS) is 14.7. The number of carbonyl (C=O) groups excluding carboxylic acids is 4. The summed E-state index contributed by atoms with van der Waals surface area (Å²) >= 11 is 0. The minimum Gasteiger partial charge on any atom is -0.494 e. The van der Waals surface area contributed by atoms with Crippen molar-refractivity contribution in [2.24, 2.45) is 17.2 Å². The van der Waals surface area contributed by atoms with Crippen LogP contribution in [0.25, 0.3) is 22.1 Å². The van der Waals surface area contributed by atoms with Crippen LogP contribution in [-0.4, -0.2) is 138 Å². The molecule has 72 heavy (non-hydrogen) atoms. The van der Waals surface area contributed by atoms with Gasteiger partial charge in [0.2, 0.25) is 23.7 Å². The highest BCUT2D eigenvalue weighted by atomic mass is 16.5. The van der Waals surface area contributed by atoms with Gasteiger partial charge in [-0.15, -0.1) is 0 Å². The lowest BCUT2D eigenvalue weighted by atomic mass is 10.1. The maximum atomic E-state index is 13.9. The molecule has 1 saturated heterocycles. The first kappa shape index (κ1) is 53.3. The van der Waals surface area contributed by atoms with Crippen molar-refractivity contribution in [3.8, 4) is 11.5 Å². The second-order valence-electron chi connectivity index (χ2n) is 17.0. The Hall–Kier alpha value is -8.05. The molecule has 0 bridgehead atoms. The average molecular weight is 991 g/mol. The van der Waals surface area contributed by atoms with Crippen LogP contribution in [0, 0.1) is 19.3 Å². The van der Waals surface area contributed by atoms with Crippen molar-refractivity contribution in [2.45, 2.75) is 86.3 Å². The van der Waals surface area contributed by atoms with E-state index in [1.807, 2.05) is 64.9 Å². The SMILES string of the molecule is CC.CCn1nc(C)cc1C(=O)Nc1nc2cc(C(N)=O)cc(OC)c2n1C/C=C/Cn1c(NC(=O)c2cc(C)nn2CC)nc2cc(C(N)=O)cc(OC/C=C/COC3CC(CN(C)C)N(C(=N)N)C3)c21. The van der Waals surface area contributed by atoms with Gasteiger partial charge in [0.1, 0.15) is 40.5 Å². The molecule has 1 aliphatic rings. The Morgan fingerprint density at radius 1 is 0.750 bits per heavy atom. The molecule has 2 atom stereocenters. The van der Waals surface area contributed by atoms with Crippen molar-refractivity contribution in [2.75, 3.05) is 58.1 Å². The summed E-state index contributed by atoms with van der Waals surface area (Å²) in [6.07, 6.45) is 7.89. The van der Waals surface area contributed by atoms with Gasteiger partial charge in [0.25, 0.3) is 11.8 Å². The molecule has 0 aliphatic carbocycles. The van der Waals surface area contributed by atoms with Crippen LogP contribution in [0.2, 0.25) is 0 Å². The number of aryl methyl sites for hydroxylation is 4. The number of hydrogen-bond acceptors (Lipinski definition) is 13. The number of likely N-dealkylation sites (N-methyl/N-ethyl adjacent to an activating group) is 1. The summed E-state index contributed by atoms with van der Waals surface area (Å²) in [6, 6.07) is 9.53. The number of methoxy groups -OCH3 is 1. The molecule has 0 radical (unpaired) electrons. The van der Waals surface area contributed by atoms with Gasteiger partial charge in [-0.3, -0.25) is 44.6 Å². The number of primary amides is 2. The molecule has 0 saturated carbocycles. The van der Waals surface area contributed by atoms with E-state index in [9.17, 15) is 19.2 Å². The van der Waals surface area contributed by atoms with E-state index in [0.29, 0.717) is 70.2 Å². The molecule has 7 rings (SSSR count). The molecule has 2 aromatic carbocycles. The number of hydrogen-bond donors (Lipinski definition) is 6. The van der Waals surface area contributed by atoms with Crippen molar-refractivity contribution in [1.29, 1.82) is 5.41 Å². The van der Waals surface area contributed by atoms with Crippen molar-refractivity contribution >= 4 is 63.6 Å². The van der Waals surface area contributed by atoms with Gasteiger partial charge in [-0.05, 0) is 90.7 Å². The fourth-order valence-corrected chi connectivity index (χ4v) is 8.54. The van der Waals surface area contributed by atoms with E-state index in [-0.39, 0.29) is 73.2 Å². The highest BCUT2D eigenvalue weighted by Gasteiger charge is 2.34. The molecule has 384 valence electrons. The van der Waals surface area contributed by atoms with Crippen LogP contribution in [-0.2, 0) is 30.9 Å². The molecule has 23 nitrogen and oxygen atoms in total. The van der Waals surface area contributed by atoms with Crippen LogP contribution < -0.4 is 37.3 Å². The number of fused-ring (bicyclic) bond motifs is 2. The number of rotatable bonds is 21.